The Morgan fingerprint density at radius 2 is 1.60 bits per heavy atom. The second-order valence-electron chi connectivity index (χ2n) is 6.04. The maximum Gasteiger partial charge on any atom is 0.416 e. The number of carbonyl (C=O) groups excluding carboxylic acids is 2. The molecule has 0 bridgehead atoms. The summed E-state index contributed by atoms with van der Waals surface area (Å²) < 4.78 is 78.7. The van der Waals surface area contributed by atoms with Crippen LogP contribution in [0.1, 0.15) is 22.3 Å². The van der Waals surface area contributed by atoms with E-state index >= 15 is 0 Å². The van der Waals surface area contributed by atoms with Gasteiger partial charge in [-0.15, -0.1) is 0 Å². The summed E-state index contributed by atoms with van der Waals surface area (Å²) in [6, 6.07) is 9.69. The molecule has 0 spiro atoms. The van der Waals surface area contributed by atoms with E-state index in [9.17, 15) is 35.9 Å². The van der Waals surface area contributed by atoms with E-state index in [2.05, 4.69) is 15.4 Å². The SMILES string of the molecule is O=C(CCOCC(F)(F)F)Nc1ccccc1C(=O)Nc1cccc(C(F)(F)F)c1. The predicted octanol–water partition coefficient (Wildman–Crippen LogP) is 4.87. The van der Waals surface area contributed by atoms with Gasteiger partial charge < -0.3 is 15.4 Å². The molecule has 0 radical (unpaired) electrons. The monoisotopic (exact) mass is 434 g/mol. The van der Waals surface area contributed by atoms with Crippen molar-refractivity contribution < 1.29 is 40.7 Å². The van der Waals surface area contributed by atoms with Gasteiger partial charge >= 0.3 is 12.4 Å². The number of ether oxygens (including phenoxy) is 1. The van der Waals surface area contributed by atoms with Crippen LogP contribution in [0.4, 0.5) is 37.7 Å². The molecule has 0 atom stereocenters. The number of rotatable bonds is 7. The summed E-state index contributed by atoms with van der Waals surface area (Å²) in [7, 11) is 0. The fourth-order valence-electron chi connectivity index (χ4n) is 2.33. The van der Waals surface area contributed by atoms with Crippen molar-refractivity contribution in [1.82, 2.24) is 0 Å². The van der Waals surface area contributed by atoms with Crippen LogP contribution in [0.15, 0.2) is 48.5 Å². The molecule has 2 aromatic rings. The maximum atomic E-state index is 12.8. The molecule has 11 heteroatoms. The Balaban J connectivity index is 2.02. The van der Waals surface area contributed by atoms with Crippen LogP contribution in [-0.4, -0.2) is 31.2 Å². The van der Waals surface area contributed by atoms with Crippen LogP contribution in [0.2, 0.25) is 0 Å². The molecule has 5 nitrogen and oxygen atoms in total. The van der Waals surface area contributed by atoms with Gasteiger partial charge in [0.25, 0.3) is 5.91 Å². The Morgan fingerprint density at radius 1 is 0.900 bits per heavy atom. The van der Waals surface area contributed by atoms with E-state index in [-0.39, 0.29) is 23.4 Å². The highest BCUT2D eigenvalue weighted by Crippen LogP contribution is 2.31. The van der Waals surface area contributed by atoms with Gasteiger partial charge in [-0.1, -0.05) is 18.2 Å². The van der Waals surface area contributed by atoms with Gasteiger partial charge in [-0.2, -0.15) is 26.3 Å². The van der Waals surface area contributed by atoms with Gasteiger partial charge in [-0.3, -0.25) is 9.59 Å². The third kappa shape index (κ3) is 7.39. The minimum absolute atomic E-state index is 0.0422. The molecule has 0 fully saturated rings. The molecule has 0 aromatic heterocycles. The van der Waals surface area contributed by atoms with Crippen molar-refractivity contribution in [2.24, 2.45) is 0 Å². The highest BCUT2D eigenvalue weighted by molar-refractivity contribution is 6.10. The van der Waals surface area contributed by atoms with E-state index in [1.165, 1.54) is 30.3 Å². The Labute approximate surface area is 167 Å². The summed E-state index contributed by atoms with van der Waals surface area (Å²) in [6.07, 6.45) is -9.48. The lowest BCUT2D eigenvalue weighted by molar-refractivity contribution is -0.174. The minimum atomic E-state index is -4.58. The normalized spacial score (nSPS) is 11.8. The first-order valence-electron chi connectivity index (χ1n) is 8.48. The van der Waals surface area contributed by atoms with E-state index in [4.69, 9.17) is 0 Å². The van der Waals surface area contributed by atoms with Crippen molar-refractivity contribution in [3.8, 4) is 0 Å². The van der Waals surface area contributed by atoms with E-state index in [1.807, 2.05) is 0 Å². The number of amides is 2. The quantitative estimate of drug-likeness (QED) is 0.483. The summed E-state index contributed by atoms with van der Waals surface area (Å²) >= 11 is 0. The minimum Gasteiger partial charge on any atom is -0.372 e. The van der Waals surface area contributed by atoms with Gasteiger partial charge in [0, 0.05) is 5.69 Å². The van der Waals surface area contributed by atoms with Crippen LogP contribution in [0.3, 0.4) is 0 Å². The molecule has 2 aromatic carbocycles. The lowest BCUT2D eigenvalue weighted by Gasteiger charge is -2.13. The summed E-state index contributed by atoms with van der Waals surface area (Å²) in [5.41, 5.74) is -1.04. The number of halogens is 6. The van der Waals surface area contributed by atoms with Crippen molar-refractivity contribution in [3.05, 3.63) is 59.7 Å². The molecule has 2 amide bonds. The number of anilines is 2. The Kier molecular flexibility index (Phi) is 7.43. The zero-order valence-electron chi connectivity index (χ0n) is 15.2. The zero-order valence-corrected chi connectivity index (χ0v) is 15.2. The van der Waals surface area contributed by atoms with Crippen molar-refractivity contribution in [2.75, 3.05) is 23.8 Å². The molecule has 0 heterocycles. The van der Waals surface area contributed by atoms with Crippen molar-refractivity contribution in [3.63, 3.8) is 0 Å². The van der Waals surface area contributed by atoms with Gasteiger partial charge in [0.05, 0.1) is 29.8 Å². The Hall–Kier alpha value is -3.08. The van der Waals surface area contributed by atoms with Gasteiger partial charge in [0.1, 0.15) is 6.61 Å². The fourth-order valence-corrected chi connectivity index (χ4v) is 2.33. The molecule has 0 saturated carbocycles. The number of nitrogens with one attached hydrogen (secondary N) is 2. The summed E-state index contributed by atoms with van der Waals surface area (Å²) in [6.45, 7) is -1.97. The summed E-state index contributed by atoms with van der Waals surface area (Å²) in [5.74, 6) is -1.48. The van der Waals surface area contributed by atoms with Gasteiger partial charge in [0.15, 0.2) is 0 Å². The summed E-state index contributed by atoms with van der Waals surface area (Å²) in [5, 5.41) is 4.68. The molecule has 0 aliphatic rings. The van der Waals surface area contributed by atoms with E-state index < -0.39 is 42.9 Å². The molecule has 0 aliphatic heterocycles. The third-order valence-corrected chi connectivity index (χ3v) is 3.63. The lowest BCUT2D eigenvalue weighted by Crippen LogP contribution is -2.21. The van der Waals surface area contributed by atoms with Gasteiger partial charge in [0.2, 0.25) is 5.91 Å². The molecular formula is C19H16F6N2O3. The Bertz CT molecular complexity index is 896. The number of benzene rings is 2. The highest BCUT2D eigenvalue weighted by Gasteiger charge is 2.30. The molecule has 162 valence electrons. The predicted molar refractivity (Wildman–Crippen MR) is 96.0 cm³/mol. The van der Waals surface area contributed by atoms with Gasteiger partial charge in [-0.05, 0) is 30.3 Å². The highest BCUT2D eigenvalue weighted by atomic mass is 19.4. The van der Waals surface area contributed by atoms with Crippen molar-refractivity contribution in [2.45, 2.75) is 18.8 Å². The zero-order chi connectivity index (χ0) is 22.4. The smallest absolute Gasteiger partial charge is 0.372 e. The topological polar surface area (TPSA) is 67.4 Å². The number of alkyl halides is 6. The number of hydrogen-bond donors (Lipinski definition) is 2. The van der Waals surface area contributed by atoms with Crippen molar-refractivity contribution in [1.29, 1.82) is 0 Å². The maximum absolute atomic E-state index is 12.8. The molecule has 30 heavy (non-hydrogen) atoms. The second kappa shape index (κ2) is 9.61. The average Bonchev–Trinajstić information content (AvgIpc) is 2.64. The van der Waals surface area contributed by atoms with Crippen LogP contribution in [0.25, 0.3) is 0 Å². The number of carbonyl (C=O) groups is 2. The molecule has 0 aliphatic carbocycles. The van der Waals surface area contributed by atoms with Crippen LogP contribution in [-0.2, 0) is 15.7 Å². The largest absolute Gasteiger partial charge is 0.416 e. The van der Waals surface area contributed by atoms with E-state index in [0.717, 1.165) is 18.2 Å². The standard InChI is InChI=1S/C19H16F6N2O3/c20-18(21,22)11-30-9-8-16(28)27-15-7-2-1-6-14(15)17(29)26-13-5-3-4-12(10-13)19(23,24)25/h1-7,10H,8-9,11H2,(H,26,29)(H,27,28). The van der Waals surface area contributed by atoms with Crippen LogP contribution >= 0.6 is 0 Å². The van der Waals surface area contributed by atoms with Crippen molar-refractivity contribution >= 4 is 23.2 Å². The first-order chi connectivity index (χ1) is 14.0. The van der Waals surface area contributed by atoms with Gasteiger partial charge in [-0.25, -0.2) is 0 Å². The van der Waals surface area contributed by atoms with Crippen LogP contribution in [0, 0.1) is 0 Å². The first-order valence-corrected chi connectivity index (χ1v) is 8.48. The molecule has 2 N–H and O–H groups in total. The lowest BCUT2D eigenvalue weighted by atomic mass is 10.1. The van der Waals surface area contributed by atoms with E-state index in [1.54, 1.807) is 0 Å². The average molecular weight is 434 g/mol. The van der Waals surface area contributed by atoms with E-state index in [0.29, 0.717) is 0 Å². The van der Waals surface area contributed by atoms with Crippen LogP contribution < -0.4 is 10.6 Å². The second-order valence-corrected chi connectivity index (χ2v) is 6.04. The Morgan fingerprint density at radius 3 is 2.27 bits per heavy atom. The first kappa shape index (κ1) is 23.2. The molecule has 0 unspecified atom stereocenters. The third-order valence-electron chi connectivity index (χ3n) is 3.63. The number of hydrogen-bond acceptors (Lipinski definition) is 3. The molecule has 2 rings (SSSR count). The summed E-state index contributed by atoms with van der Waals surface area (Å²) in [4.78, 5) is 24.4. The number of para-hydroxylation sites is 1. The van der Waals surface area contributed by atoms with Crippen LogP contribution in [0.5, 0.6) is 0 Å². The fraction of sp³-hybridized carbons (Fsp3) is 0.263. The molecular weight excluding hydrogens is 418 g/mol. The molecule has 0 saturated heterocycles.